The van der Waals surface area contributed by atoms with Crippen LogP contribution >= 0.6 is 11.3 Å². The summed E-state index contributed by atoms with van der Waals surface area (Å²) in [5.41, 5.74) is 8.50. The van der Waals surface area contributed by atoms with Crippen molar-refractivity contribution in [1.82, 2.24) is 29.6 Å². The molecule has 0 saturated heterocycles. The average Bonchev–Trinajstić information content (AvgIpc) is 3.36. The number of hydrogen-bond acceptors (Lipinski definition) is 8. The van der Waals surface area contributed by atoms with Crippen molar-refractivity contribution in [3.8, 4) is 0 Å². The molecule has 0 saturated carbocycles. The van der Waals surface area contributed by atoms with Gasteiger partial charge in [-0.3, -0.25) is 4.79 Å². The molecular weight excluding hydrogens is 402 g/mol. The monoisotopic (exact) mass is 423 g/mol. The van der Waals surface area contributed by atoms with Crippen LogP contribution < -0.4 is 16.6 Å². The van der Waals surface area contributed by atoms with Crippen LogP contribution in [0.2, 0.25) is 0 Å². The van der Waals surface area contributed by atoms with Crippen molar-refractivity contribution >= 4 is 38.6 Å². The average molecular weight is 424 g/mol. The second-order valence-electron chi connectivity index (χ2n) is 7.25. The molecule has 30 heavy (non-hydrogen) atoms. The Balaban J connectivity index is 1.51. The van der Waals surface area contributed by atoms with Crippen LogP contribution in [-0.4, -0.2) is 30.9 Å². The Morgan fingerprint density at radius 2 is 2.27 bits per heavy atom. The van der Waals surface area contributed by atoms with E-state index in [4.69, 9.17) is 15.1 Å². The molecule has 4 aromatic rings. The highest BCUT2D eigenvalue weighted by molar-refractivity contribution is 7.19. The fraction of sp³-hybridized carbons (Fsp3) is 0.300. The van der Waals surface area contributed by atoms with Gasteiger partial charge in [0.05, 0.1) is 17.4 Å². The molecule has 9 nitrogen and oxygen atoms in total. The van der Waals surface area contributed by atoms with Gasteiger partial charge in [0.2, 0.25) is 0 Å². The largest absolute Gasteiger partial charge is 0.432 e. The number of nitrogen functional groups attached to an aromatic ring is 1. The van der Waals surface area contributed by atoms with E-state index in [0.29, 0.717) is 11.2 Å². The Morgan fingerprint density at radius 3 is 3.10 bits per heavy atom. The van der Waals surface area contributed by atoms with Crippen molar-refractivity contribution < 1.29 is 4.42 Å². The van der Waals surface area contributed by atoms with Crippen LogP contribution in [0.15, 0.2) is 45.6 Å². The topological polar surface area (TPSA) is 117 Å². The maximum atomic E-state index is 13.0. The third-order valence-corrected chi connectivity index (χ3v) is 6.23. The Morgan fingerprint density at radius 1 is 1.37 bits per heavy atom. The van der Waals surface area contributed by atoms with E-state index in [2.05, 4.69) is 27.6 Å². The highest BCUT2D eigenvalue weighted by Crippen LogP contribution is 2.32. The van der Waals surface area contributed by atoms with E-state index in [9.17, 15) is 4.79 Å². The number of fused-ring (bicyclic) bond motifs is 3. The first kappa shape index (κ1) is 18.6. The fourth-order valence-corrected chi connectivity index (χ4v) is 4.82. The number of nitrogens with one attached hydrogen (secondary N) is 1. The van der Waals surface area contributed by atoms with E-state index in [1.807, 2.05) is 17.8 Å². The highest BCUT2D eigenvalue weighted by Gasteiger charge is 2.19. The lowest BCUT2D eigenvalue weighted by Crippen LogP contribution is -2.24. The fourth-order valence-electron chi connectivity index (χ4n) is 3.68. The lowest BCUT2D eigenvalue weighted by molar-refractivity contribution is 0.572. The van der Waals surface area contributed by atoms with Crippen LogP contribution in [-0.2, 0) is 20.0 Å². The SMILES string of the molecule is Cn1c2nc(CC3=CCCCNC=C3)sc2c2cnn(Cc3coc(N)n3)c(=O)c21. The van der Waals surface area contributed by atoms with E-state index >= 15 is 0 Å². The summed E-state index contributed by atoms with van der Waals surface area (Å²) in [5, 5.41) is 9.47. The molecule has 4 aromatic heterocycles. The number of rotatable bonds is 4. The molecule has 0 aliphatic carbocycles. The molecule has 0 fully saturated rings. The van der Waals surface area contributed by atoms with Crippen molar-refractivity contribution in [3.05, 3.63) is 57.4 Å². The number of hydrogen-bond donors (Lipinski definition) is 2. The van der Waals surface area contributed by atoms with Gasteiger partial charge >= 0.3 is 0 Å². The summed E-state index contributed by atoms with van der Waals surface area (Å²) in [6.07, 6.45) is 12.5. The zero-order chi connectivity index (χ0) is 20.7. The van der Waals surface area contributed by atoms with Gasteiger partial charge in [0.1, 0.15) is 22.5 Å². The van der Waals surface area contributed by atoms with Gasteiger partial charge in [0.15, 0.2) is 5.65 Å². The lowest BCUT2D eigenvalue weighted by atomic mass is 10.1. The number of anilines is 1. The molecule has 1 aliphatic heterocycles. The molecule has 0 unspecified atom stereocenters. The quantitative estimate of drug-likeness (QED) is 0.517. The van der Waals surface area contributed by atoms with Gasteiger partial charge in [-0.25, -0.2) is 9.67 Å². The lowest BCUT2D eigenvalue weighted by Gasteiger charge is -2.06. The van der Waals surface area contributed by atoms with Gasteiger partial charge < -0.3 is 20.0 Å². The van der Waals surface area contributed by atoms with Crippen molar-refractivity contribution in [1.29, 1.82) is 0 Å². The second kappa shape index (κ2) is 7.45. The van der Waals surface area contributed by atoms with E-state index in [1.165, 1.54) is 16.5 Å². The van der Waals surface area contributed by atoms with Crippen LogP contribution in [0.3, 0.4) is 0 Å². The molecule has 0 bridgehead atoms. The summed E-state index contributed by atoms with van der Waals surface area (Å²) >= 11 is 1.62. The summed E-state index contributed by atoms with van der Waals surface area (Å²) in [7, 11) is 1.87. The Kier molecular flexibility index (Phi) is 4.62. The summed E-state index contributed by atoms with van der Waals surface area (Å²) < 4.78 is 9.21. The van der Waals surface area contributed by atoms with E-state index < -0.39 is 0 Å². The molecule has 1 aliphatic rings. The zero-order valence-corrected chi connectivity index (χ0v) is 17.3. The molecule has 5 heterocycles. The minimum atomic E-state index is -0.194. The minimum Gasteiger partial charge on any atom is -0.432 e. The standard InChI is InChI=1S/C20H21N7O2S/c1-26-16-14(9-23-27(19(16)28)10-13-11-29-20(21)24-13)17-18(26)25-15(30-17)8-12-4-2-3-6-22-7-5-12/h4-5,7,9,11,22H,2-3,6,8,10H2,1H3,(H2,21,24). The van der Waals surface area contributed by atoms with Crippen molar-refractivity contribution in [2.24, 2.45) is 7.05 Å². The number of allylic oxidation sites excluding steroid dienone is 3. The molecule has 0 amide bonds. The second-order valence-corrected chi connectivity index (χ2v) is 8.34. The Hall–Kier alpha value is -3.40. The molecule has 5 rings (SSSR count). The predicted octanol–water partition coefficient (Wildman–Crippen LogP) is 2.33. The van der Waals surface area contributed by atoms with Crippen LogP contribution in [0.5, 0.6) is 0 Å². The van der Waals surface area contributed by atoms with Crippen LogP contribution in [0.1, 0.15) is 23.5 Å². The third-order valence-electron chi connectivity index (χ3n) is 5.15. The normalized spacial score (nSPS) is 14.6. The van der Waals surface area contributed by atoms with Gasteiger partial charge in [-0.05, 0) is 30.7 Å². The number of oxazole rings is 1. The van der Waals surface area contributed by atoms with Crippen molar-refractivity contribution in [2.75, 3.05) is 12.3 Å². The molecule has 0 radical (unpaired) electrons. The molecular formula is C20H21N7O2S. The summed E-state index contributed by atoms with van der Waals surface area (Å²) in [6.45, 7) is 1.20. The van der Waals surface area contributed by atoms with Crippen LogP contribution in [0.25, 0.3) is 21.3 Å². The van der Waals surface area contributed by atoms with E-state index in [1.54, 1.807) is 17.5 Å². The Labute approximate surface area is 175 Å². The smallest absolute Gasteiger partial charge is 0.292 e. The first-order chi connectivity index (χ1) is 14.6. The number of aryl methyl sites for hydroxylation is 1. The first-order valence-corrected chi connectivity index (χ1v) is 10.5. The molecule has 3 N–H and O–H groups in total. The zero-order valence-electron chi connectivity index (χ0n) is 16.5. The van der Waals surface area contributed by atoms with Gasteiger partial charge in [-0.15, -0.1) is 11.3 Å². The predicted molar refractivity (Wildman–Crippen MR) is 116 cm³/mol. The third kappa shape index (κ3) is 3.28. The number of thiazole rings is 1. The van der Waals surface area contributed by atoms with Gasteiger partial charge in [0.25, 0.3) is 11.6 Å². The first-order valence-electron chi connectivity index (χ1n) is 9.73. The number of aromatic nitrogens is 5. The van der Waals surface area contributed by atoms with Gasteiger partial charge in [-0.2, -0.15) is 10.1 Å². The maximum Gasteiger partial charge on any atom is 0.292 e. The summed E-state index contributed by atoms with van der Waals surface area (Å²) in [4.78, 5) is 21.9. The maximum absolute atomic E-state index is 13.0. The Bertz CT molecular complexity index is 1350. The molecule has 0 spiro atoms. The highest BCUT2D eigenvalue weighted by atomic mass is 32.1. The summed E-state index contributed by atoms with van der Waals surface area (Å²) in [5.74, 6) is 0. The minimum absolute atomic E-state index is 0.0697. The molecule has 0 atom stereocenters. The molecule has 10 heteroatoms. The van der Waals surface area contributed by atoms with Crippen LogP contribution in [0, 0.1) is 0 Å². The van der Waals surface area contributed by atoms with Crippen LogP contribution in [0.4, 0.5) is 6.01 Å². The van der Waals surface area contributed by atoms with E-state index in [-0.39, 0.29) is 18.1 Å². The van der Waals surface area contributed by atoms with E-state index in [0.717, 1.165) is 46.5 Å². The number of nitrogens with two attached hydrogens (primary N) is 1. The van der Waals surface area contributed by atoms with Crippen molar-refractivity contribution in [2.45, 2.75) is 25.8 Å². The van der Waals surface area contributed by atoms with Gasteiger partial charge in [-0.1, -0.05) is 6.08 Å². The summed E-state index contributed by atoms with van der Waals surface area (Å²) in [6, 6.07) is 0.0697. The van der Waals surface area contributed by atoms with Gasteiger partial charge in [0, 0.05) is 25.4 Å². The molecule has 0 aromatic carbocycles. The van der Waals surface area contributed by atoms with Crippen molar-refractivity contribution in [3.63, 3.8) is 0 Å². The molecule has 154 valence electrons. The number of nitrogens with zero attached hydrogens (tertiary/aromatic N) is 5.